The van der Waals surface area contributed by atoms with E-state index in [2.05, 4.69) is 112 Å². The van der Waals surface area contributed by atoms with Crippen molar-refractivity contribution in [3.8, 4) is 68.0 Å². The van der Waals surface area contributed by atoms with Gasteiger partial charge in [-0.1, -0.05) is 26.2 Å². The molecular weight excluding hydrogens is 1840 g/mol. The number of thioether (sulfide) groups is 4. The summed E-state index contributed by atoms with van der Waals surface area (Å²) < 4.78 is 172. The number of alkyl halides is 11. The van der Waals surface area contributed by atoms with Crippen LogP contribution in [0.3, 0.4) is 0 Å². The van der Waals surface area contributed by atoms with E-state index < -0.39 is 62.0 Å². The first-order valence-electron chi connectivity index (χ1n) is 40.1. The number of carbonyl (C=O) groups is 4. The van der Waals surface area contributed by atoms with Gasteiger partial charge in [0.2, 0.25) is 0 Å². The first-order valence-corrected chi connectivity index (χ1v) is 43.7. The van der Waals surface area contributed by atoms with Crippen LogP contribution in [-0.2, 0) is 4.74 Å². The number of nitrogens with one attached hydrogen (secondary N) is 8. The van der Waals surface area contributed by atoms with E-state index in [1.54, 1.807) is 128 Å². The van der Waals surface area contributed by atoms with Crippen molar-refractivity contribution in [3.63, 3.8) is 0 Å². The molecule has 13 heterocycles. The molecule has 133 heavy (non-hydrogen) atoms. The standard InChI is InChI=1S/C23H22F2N6O2S.C22H20F2N6O3S.C20H18F2N6O3S.C19H13F5N6O2S/c24-23(25)33-19-8-7-15(34-14-5-2-1-3-6-14)11-16(19)20-18(13-27-30-20)29-22(32)17-12-28-31-10-4-9-26-21(17)31;23-22(24)33-18-3-2-14(34-13-4-8-32-9-5-13)10-15(18)19-17(12-26-29-19)28-21(31)16-11-27-30-7-1-6-25-20(16)30;1-11(10-29)32-12-3-4-16(31-20(21)22)13(7-12)17-15(9-24-27-17)26-19(30)14-8-25-28-6-2-5-23-18(14)28;20-18(21)32-14-3-2-10(33-9-19(22,23)24)6-11(14)15-13(8-26-29-15)28-17(31)12-7-27-30-5-1-4-25-16(12)30/h4,7-14,23H,1-3,5-6H2,(H,27,30)(H,29,32);1-3,6-7,10-13,22H,4-5,8-9H2,(H,26,29)(H,28,31);2-9,11,20,29H,10H2,1H3,(H,24,27)(H,26,30);1-8,18H,9H2,(H,26,29)(H,28,31). The van der Waals surface area contributed by atoms with E-state index in [0.717, 1.165) is 46.4 Å². The molecule has 2 fully saturated rings. The third-order valence-electron chi connectivity index (χ3n) is 19.7. The largest absolute Gasteiger partial charge is 0.434 e. The van der Waals surface area contributed by atoms with Gasteiger partial charge >= 0.3 is 32.6 Å². The monoisotopic (exact) mass is 1910 g/mol. The minimum absolute atomic E-state index is 0.000364. The number of halogens is 11. The van der Waals surface area contributed by atoms with Gasteiger partial charge in [0.25, 0.3) is 23.6 Å². The van der Waals surface area contributed by atoms with Gasteiger partial charge in [-0.15, -0.1) is 47.0 Å². The number of hydrogen-bond acceptors (Lipinski definition) is 26. The number of aromatic nitrogens is 20. The zero-order valence-corrected chi connectivity index (χ0v) is 72.1. The molecule has 1 saturated heterocycles. The summed E-state index contributed by atoms with van der Waals surface area (Å²) in [4.78, 5) is 70.9. The zero-order chi connectivity index (χ0) is 93.2. The van der Waals surface area contributed by atoms with E-state index >= 15 is 0 Å². The minimum Gasteiger partial charge on any atom is -0.434 e. The molecule has 4 aromatic carbocycles. The number of ether oxygens (including phenoxy) is 5. The number of benzene rings is 4. The number of aromatic amines is 4. The summed E-state index contributed by atoms with van der Waals surface area (Å²) in [5.41, 5.74) is 5.48. The van der Waals surface area contributed by atoms with Crippen molar-refractivity contribution in [1.29, 1.82) is 0 Å². The molecular formula is C84H73F11N24O10S4. The second-order valence-electron chi connectivity index (χ2n) is 28.7. The Balaban J connectivity index is 0.000000135. The van der Waals surface area contributed by atoms with Crippen molar-refractivity contribution in [2.45, 2.75) is 120 Å². The maximum atomic E-state index is 13.1. The first-order chi connectivity index (χ1) is 64.3. The summed E-state index contributed by atoms with van der Waals surface area (Å²) in [6.45, 7) is -9.01. The highest BCUT2D eigenvalue weighted by atomic mass is 32.2. The second-order valence-corrected chi connectivity index (χ2v) is 34.0. The van der Waals surface area contributed by atoms with Crippen LogP contribution < -0.4 is 40.2 Å². The summed E-state index contributed by atoms with van der Waals surface area (Å²) in [7, 11) is 0. The number of hydrogen-bond donors (Lipinski definition) is 9. The molecule has 1 aliphatic heterocycles. The number of carbonyl (C=O) groups excluding carboxylic acids is 4. The van der Waals surface area contributed by atoms with Crippen LogP contribution in [0.25, 0.3) is 67.6 Å². The Bertz CT molecular complexity index is 6520. The fraction of sp³-hybridized carbons (Fsp3) is 0.238. The molecule has 1 unspecified atom stereocenters. The van der Waals surface area contributed by atoms with Crippen molar-refractivity contribution in [3.05, 3.63) is 218 Å². The Kier molecular flexibility index (Phi) is 30.4. The van der Waals surface area contributed by atoms with Gasteiger partial charge in [0.15, 0.2) is 22.6 Å². The van der Waals surface area contributed by atoms with Gasteiger partial charge in [-0.25, -0.2) is 38.0 Å². The lowest BCUT2D eigenvalue weighted by molar-refractivity contribution is -0.105. The van der Waals surface area contributed by atoms with Crippen molar-refractivity contribution in [1.82, 2.24) is 99.2 Å². The minimum atomic E-state index is -4.42. The van der Waals surface area contributed by atoms with Crippen LogP contribution in [0.5, 0.6) is 23.0 Å². The molecule has 0 bridgehead atoms. The smallest absolute Gasteiger partial charge is 0.398 e. The number of fused-ring (bicyclic) bond motifs is 4. The number of amides is 4. The van der Waals surface area contributed by atoms with Gasteiger partial charge in [-0.3, -0.25) is 39.6 Å². The SMILES string of the molecule is CC(CO)Sc1ccc(OC(F)F)c(-c2[nH]ncc2NC(=O)c2cnn3cccnc23)c1.O=C(Nc1cn[nH]c1-c1cc(SC2CCCCC2)ccc1OC(F)F)c1cnn2cccnc12.O=C(Nc1cn[nH]c1-c1cc(SC2CCOCC2)ccc1OC(F)F)c1cnn2cccnc12.O=C(Nc1cn[nH]c1-c1cc(SCC(F)(F)F)ccc1OC(F)F)c1cnn2cccnc12. The summed E-state index contributed by atoms with van der Waals surface area (Å²) in [6, 6.07) is 25.1. The van der Waals surface area contributed by atoms with E-state index in [4.69, 9.17) is 14.2 Å². The van der Waals surface area contributed by atoms with E-state index in [9.17, 15) is 72.6 Å². The maximum absolute atomic E-state index is 13.1. The number of aliphatic hydroxyl groups excluding tert-OH is 1. The third-order valence-corrected chi connectivity index (χ3v) is 24.5. The predicted molar refractivity (Wildman–Crippen MR) is 468 cm³/mol. The molecule has 16 aromatic rings. The van der Waals surface area contributed by atoms with Crippen LogP contribution in [0.15, 0.2) is 216 Å². The third kappa shape index (κ3) is 23.8. The number of anilines is 4. The number of aliphatic hydroxyl groups is 1. The summed E-state index contributed by atoms with van der Waals surface area (Å²) in [5.74, 6) is -3.58. The Morgan fingerprint density at radius 2 is 0.737 bits per heavy atom. The first kappa shape index (κ1) is 93.5. The molecule has 0 radical (unpaired) electrons. The number of rotatable bonds is 29. The van der Waals surface area contributed by atoms with Crippen molar-refractivity contribution < 1.29 is 96.3 Å². The van der Waals surface area contributed by atoms with Crippen molar-refractivity contribution in [2.75, 3.05) is 46.8 Å². The summed E-state index contributed by atoms with van der Waals surface area (Å²) in [5, 5.41) is 64.0. The molecule has 4 amide bonds. The molecule has 2 aliphatic rings. The lowest BCUT2D eigenvalue weighted by Gasteiger charge is -2.22. The van der Waals surface area contributed by atoms with E-state index in [0.29, 0.717) is 86.3 Å². The Labute approximate surface area is 760 Å². The zero-order valence-electron chi connectivity index (χ0n) is 68.9. The highest BCUT2D eigenvalue weighted by molar-refractivity contribution is 8.00. The van der Waals surface area contributed by atoms with Gasteiger partial charge < -0.3 is 50.1 Å². The molecule has 49 heteroatoms. The molecule has 12 aromatic heterocycles. The Morgan fingerprint density at radius 3 is 1.05 bits per heavy atom. The van der Waals surface area contributed by atoms with Gasteiger partial charge in [-0.05, 0) is 123 Å². The Morgan fingerprint density at radius 1 is 0.436 bits per heavy atom. The van der Waals surface area contributed by atoms with Crippen LogP contribution in [0, 0.1) is 0 Å². The van der Waals surface area contributed by atoms with Crippen LogP contribution in [0.4, 0.5) is 71.0 Å². The van der Waals surface area contributed by atoms with Crippen LogP contribution in [-0.4, -0.2) is 202 Å². The quantitative estimate of drug-likeness (QED) is 0.0155. The molecule has 34 nitrogen and oxygen atoms in total. The van der Waals surface area contributed by atoms with Gasteiger partial charge in [-0.2, -0.15) is 89.1 Å². The average Bonchev–Trinajstić information content (AvgIpc) is 1.76. The lowest BCUT2D eigenvalue weighted by Crippen LogP contribution is -2.17. The van der Waals surface area contributed by atoms with Crippen LogP contribution >= 0.6 is 47.0 Å². The molecule has 1 saturated carbocycles. The fourth-order valence-corrected chi connectivity index (χ4v) is 17.8. The highest BCUT2D eigenvalue weighted by Crippen LogP contribution is 2.45. The Hall–Kier alpha value is -14.2. The molecule has 9 N–H and O–H groups in total. The molecule has 0 spiro atoms. The van der Waals surface area contributed by atoms with E-state index in [1.165, 1.54) is 135 Å². The molecule has 18 rings (SSSR count). The lowest BCUT2D eigenvalue weighted by atomic mass is 10.0. The van der Waals surface area contributed by atoms with Crippen LogP contribution in [0.2, 0.25) is 0 Å². The van der Waals surface area contributed by atoms with Crippen molar-refractivity contribution in [2.24, 2.45) is 0 Å². The van der Waals surface area contributed by atoms with Crippen molar-refractivity contribution >= 4 is 116 Å². The van der Waals surface area contributed by atoms with Gasteiger partial charge in [0.05, 0.1) is 107 Å². The van der Waals surface area contributed by atoms with Gasteiger partial charge in [0.1, 0.15) is 45.3 Å². The summed E-state index contributed by atoms with van der Waals surface area (Å²) >= 11 is 5.24. The number of H-pyrrole nitrogens is 4. The fourth-order valence-electron chi connectivity index (χ4n) is 13.8. The molecule has 1 aliphatic carbocycles. The predicted octanol–water partition coefficient (Wildman–Crippen LogP) is 17.7. The second kappa shape index (κ2) is 43.3. The van der Waals surface area contributed by atoms with E-state index in [1.807, 2.05) is 6.92 Å². The normalized spacial score (nSPS) is 13.3. The highest BCUT2D eigenvalue weighted by Gasteiger charge is 2.31. The maximum Gasteiger partial charge on any atom is 0.398 e. The average molecular weight is 1920 g/mol. The summed E-state index contributed by atoms with van der Waals surface area (Å²) in [6.07, 6.45) is 27.1. The van der Waals surface area contributed by atoms with Gasteiger partial charge in [0, 0.05) is 120 Å². The van der Waals surface area contributed by atoms with E-state index in [-0.39, 0.29) is 102 Å². The molecule has 690 valence electrons. The number of nitrogens with zero attached hydrogens (tertiary/aromatic N) is 16. The molecule has 1 atom stereocenters. The van der Waals surface area contributed by atoms with Crippen LogP contribution in [0.1, 0.15) is 93.3 Å². The topological polar surface area (TPSA) is 418 Å².